The molecule has 0 radical (unpaired) electrons. The maximum Gasteiger partial charge on any atom is 0.255 e. The van der Waals surface area contributed by atoms with Crippen molar-refractivity contribution in [1.82, 2.24) is 0 Å². The Labute approximate surface area is 146 Å². The van der Waals surface area contributed by atoms with E-state index in [2.05, 4.69) is 5.32 Å². The summed E-state index contributed by atoms with van der Waals surface area (Å²) in [4.78, 5) is 12.9. The minimum atomic E-state index is -1.59. The largest absolute Gasteiger partial charge is 0.384 e. The van der Waals surface area contributed by atoms with E-state index >= 15 is 0 Å². The van der Waals surface area contributed by atoms with Gasteiger partial charge in [-0.1, -0.05) is 11.6 Å². The van der Waals surface area contributed by atoms with Gasteiger partial charge in [-0.2, -0.15) is 0 Å². The van der Waals surface area contributed by atoms with Gasteiger partial charge in [0.1, 0.15) is 0 Å². The fraction of sp³-hybridized carbons (Fsp3) is 0.188. The van der Waals surface area contributed by atoms with Crippen LogP contribution in [0.25, 0.3) is 0 Å². The molecule has 8 heteroatoms. The number of halogens is 4. The topological polar surface area (TPSA) is 38.3 Å². The van der Waals surface area contributed by atoms with E-state index in [9.17, 15) is 18.0 Å². The Morgan fingerprint density at radius 1 is 1.21 bits per heavy atom. The van der Waals surface area contributed by atoms with Gasteiger partial charge in [0, 0.05) is 41.1 Å². The minimum Gasteiger partial charge on any atom is -0.384 e. The van der Waals surface area contributed by atoms with E-state index in [0.29, 0.717) is 34.4 Å². The number of nitrogens with one attached hydrogen (secondary N) is 1. The fourth-order valence-electron chi connectivity index (χ4n) is 1.82. The lowest BCUT2D eigenvalue weighted by Crippen LogP contribution is -2.12. The number of methoxy groups -OCH3 is 1. The van der Waals surface area contributed by atoms with Crippen LogP contribution in [0.5, 0.6) is 0 Å². The number of hydrogen-bond acceptors (Lipinski definition) is 3. The molecule has 1 amide bonds. The molecule has 0 saturated heterocycles. The van der Waals surface area contributed by atoms with Crippen molar-refractivity contribution in [3.8, 4) is 0 Å². The van der Waals surface area contributed by atoms with Crippen LogP contribution in [-0.2, 0) is 4.74 Å². The van der Waals surface area contributed by atoms with Gasteiger partial charge in [0.15, 0.2) is 17.5 Å². The second-order valence-electron chi connectivity index (χ2n) is 4.69. The van der Waals surface area contributed by atoms with Crippen molar-refractivity contribution in [3.63, 3.8) is 0 Å². The molecule has 0 saturated carbocycles. The standard InChI is InChI=1S/C16H13ClF3NO2S/c1-23-4-5-24-14-6-9(2-3-11(14)17)16(22)21-10-7-12(18)15(20)13(19)8-10/h2-3,6-8H,4-5H2,1H3,(H,21,22). The number of amides is 1. The summed E-state index contributed by atoms with van der Waals surface area (Å²) >= 11 is 7.47. The zero-order chi connectivity index (χ0) is 17.7. The summed E-state index contributed by atoms with van der Waals surface area (Å²) in [5.74, 6) is -4.29. The smallest absolute Gasteiger partial charge is 0.255 e. The minimum absolute atomic E-state index is 0.181. The molecule has 0 unspecified atom stereocenters. The molecule has 0 spiro atoms. The molecule has 0 aromatic heterocycles. The van der Waals surface area contributed by atoms with Gasteiger partial charge in [-0.3, -0.25) is 4.79 Å². The van der Waals surface area contributed by atoms with E-state index in [1.807, 2.05) is 0 Å². The molecule has 24 heavy (non-hydrogen) atoms. The van der Waals surface area contributed by atoms with Crippen LogP contribution in [0.1, 0.15) is 10.4 Å². The van der Waals surface area contributed by atoms with E-state index < -0.39 is 23.4 Å². The first kappa shape index (κ1) is 18.6. The highest BCUT2D eigenvalue weighted by Crippen LogP contribution is 2.28. The Morgan fingerprint density at radius 3 is 2.50 bits per heavy atom. The van der Waals surface area contributed by atoms with Crippen LogP contribution in [-0.4, -0.2) is 25.4 Å². The molecule has 0 atom stereocenters. The number of ether oxygens (including phenoxy) is 1. The van der Waals surface area contributed by atoms with Gasteiger partial charge in [-0.15, -0.1) is 11.8 Å². The number of benzene rings is 2. The van der Waals surface area contributed by atoms with Crippen molar-refractivity contribution in [2.24, 2.45) is 0 Å². The summed E-state index contributed by atoms with van der Waals surface area (Å²) in [6.07, 6.45) is 0. The molecule has 1 N–H and O–H groups in total. The van der Waals surface area contributed by atoms with Gasteiger partial charge in [0.25, 0.3) is 5.91 Å². The quantitative estimate of drug-likeness (QED) is 0.450. The Hall–Kier alpha value is -1.70. The average molecular weight is 376 g/mol. The third-order valence-electron chi connectivity index (χ3n) is 2.98. The number of carbonyl (C=O) groups is 1. The molecule has 0 aliphatic carbocycles. The maximum atomic E-state index is 13.2. The first-order valence-electron chi connectivity index (χ1n) is 6.79. The lowest BCUT2D eigenvalue weighted by atomic mass is 10.2. The van der Waals surface area contributed by atoms with Crippen molar-refractivity contribution in [2.45, 2.75) is 4.90 Å². The van der Waals surface area contributed by atoms with Gasteiger partial charge in [-0.25, -0.2) is 13.2 Å². The van der Waals surface area contributed by atoms with Gasteiger partial charge in [0.2, 0.25) is 0 Å². The van der Waals surface area contributed by atoms with Crippen LogP contribution < -0.4 is 5.32 Å². The summed E-state index contributed by atoms with van der Waals surface area (Å²) in [5, 5.41) is 2.80. The molecule has 2 rings (SSSR count). The first-order valence-corrected chi connectivity index (χ1v) is 8.16. The lowest BCUT2D eigenvalue weighted by Gasteiger charge is -2.09. The molecule has 128 valence electrons. The second-order valence-corrected chi connectivity index (χ2v) is 6.24. The van der Waals surface area contributed by atoms with Crippen molar-refractivity contribution in [2.75, 3.05) is 24.8 Å². The Balaban J connectivity index is 2.16. The van der Waals surface area contributed by atoms with Gasteiger partial charge >= 0.3 is 0 Å². The van der Waals surface area contributed by atoms with Gasteiger partial charge in [0.05, 0.1) is 11.6 Å². The summed E-state index contributed by atoms with van der Waals surface area (Å²) in [6.45, 7) is 0.519. The lowest BCUT2D eigenvalue weighted by molar-refractivity contribution is 0.102. The number of hydrogen-bond donors (Lipinski definition) is 1. The van der Waals surface area contributed by atoms with Crippen LogP contribution in [0.3, 0.4) is 0 Å². The average Bonchev–Trinajstić information content (AvgIpc) is 2.54. The van der Waals surface area contributed by atoms with Crippen molar-refractivity contribution >= 4 is 35.0 Å². The van der Waals surface area contributed by atoms with E-state index in [1.54, 1.807) is 19.2 Å². The third kappa shape index (κ3) is 4.66. The van der Waals surface area contributed by atoms with Crippen LogP contribution in [0, 0.1) is 17.5 Å². The molecule has 2 aromatic rings. The Morgan fingerprint density at radius 2 is 1.88 bits per heavy atom. The predicted octanol–water partition coefficient (Wildman–Crippen LogP) is 4.75. The number of anilines is 1. The summed E-state index contributed by atoms with van der Waals surface area (Å²) in [6, 6.07) is 6.01. The van der Waals surface area contributed by atoms with E-state index in [-0.39, 0.29) is 11.3 Å². The molecule has 0 heterocycles. The SMILES string of the molecule is COCCSc1cc(C(=O)Nc2cc(F)c(F)c(F)c2)ccc1Cl. The monoisotopic (exact) mass is 375 g/mol. The first-order chi connectivity index (χ1) is 11.4. The third-order valence-corrected chi connectivity index (χ3v) is 4.44. The molecule has 0 bridgehead atoms. The Bertz CT molecular complexity index is 735. The highest BCUT2D eigenvalue weighted by Gasteiger charge is 2.14. The van der Waals surface area contributed by atoms with Crippen molar-refractivity contribution in [3.05, 3.63) is 58.4 Å². The van der Waals surface area contributed by atoms with Crippen LogP contribution in [0.15, 0.2) is 35.2 Å². The molecule has 0 aliphatic heterocycles. The summed E-state index contributed by atoms with van der Waals surface area (Å²) < 4.78 is 44.2. The molecule has 3 nitrogen and oxygen atoms in total. The second kappa shape index (κ2) is 8.41. The maximum absolute atomic E-state index is 13.2. The van der Waals surface area contributed by atoms with Crippen LogP contribution >= 0.6 is 23.4 Å². The van der Waals surface area contributed by atoms with Crippen LogP contribution in [0.2, 0.25) is 5.02 Å². The molecular formula is C16H13ClF3NO2S. The number of carbonyl (C=O) groups excluding carboxylic acids is 1. The highest BCUT2D eigenvalue weighted by molar-refractivity contribution is 7.99. The number of thioether (sulfide) groups is 1. The Kier molecular flexibility index (Phi) is 6.53. The van der Waals surface area contributed by atoms with Crippen LogP contribution in [0.4, 0.5) is 18.9 Å². The summed E-state index contributed by atoms with van der Waals surface area (Å²) in [7, 11) is 1.58. The molecular weight excluding hydrogens is 363 g/mol. The van der Waals surface area contributed by atoms with Crippen molar-refractivity contribution in [1.29, 1.82) is 0 Å². The predicted molar refractivity (Wildman–Crippen MR) is 88.3 cm³/mol. The van der Waals surface area contributed by atoms with E-state index in [0.717, 1.165) is 0 Å². The fourth-order valence-corrected chi connectivity index (χ4v) is 2.99. The molecule has 0 fully saturated rings. The van der Waals surface area contributed by atoms with Gasteiger partial charge < -0.3 is 10.1 Å². The number of rotatable bonds is 6. The van der Waals surface area contributed by atoms with Gasteiger partial charge in [-0.05, 0) is 18.2 Å². The zero-order valence-corrected chi connectivity index (χ0v) is 14.1. The van der Waals surface area contributed by atoms with E-state index in [4.69, 9.17) is 16.3 Å². The highest BCUT2D eigenvalue weighted by atomic mass is 35.5. The van der Waals surface area contributed by atoms with Crippen molar-refractivity contribution < 1.29 is 22.7 Å². The zero-order valence-electron chi connectivity index (χ0n) is 12.5. The summed E-state index contributed by atoms with van der Waals surface area (Å²) in [5.41, 5.74) is 0.0735. The van der Waals surface area contributed by atoms with E-state index in [1.165, 1.54) is 17.8 Å². The normalized spacial score (nSPS) is 10.7. The molecule has 0 aliphatic rings. The molecule has 2 aromatic carbocycles.